The van der Waals surface area contributed by atoms with E-state index in [2.05, 4.69) is 0 Å². The highest BCUT2D eigenvalue weighted by Crippen LogP contribution is 2.31. The Labute approximate surface area is 134 Å². The van der Waals surface area contributed by atoms with Gasteiger partial charge in [-0.1, -0.05) is 60.7 Å². The fourth-order valence-electron chi connectivity index (χ4n) is 2.55. The minimum absolute atomic E-state index is 0.00656. The van der Waals surface area contributed by atoms with Crippen molar-refractivity contribution in [3.63, 3.8) is 0 Å². The standard InChI is InChI=1S/C19H17F2NO/c20-19(21,18(23)17-9-5-2-6-10-17)14-16(11-12-22)13-15-7-3-1-4-8-15/h1-10,16H,11,13-14H2. The smallest absolute Gasteiger partial charge is 0.287 e. The van der Waals surface area contributed by atoms with Crippen molar-refractivity contribution in [2.45, 2.75) is 25.2 Å². The van der Waals surface area contributed by atoms with Gasteiger partial charge in [-0.3, -0.25) is 4.79 Å². The zero-order valence-corrected chi connectivity index (χ0v) is 12.6. The van der Waals surface area contributed by atoms with Crippen LogP contribution in [0.25, 0.3) is 0 Å². The number of nitrogens with zero attached hydrogens (tertiary/aromatic N) is 1. The molecule has 118 valence electrons. The van der Waals surface area contributed by atoms with Gasteiger partial charge in [0.05, 0.1) is 6.07 Å². The van der Waals surface area contributed by atoms with Gasteiger partial charge in [-0.25, -0.2) is 0 Å². The number of benzene rings is 2. The summed E-state index contributed by atoms with van der Waals surface area (Å²) in [6, 6.07) is 18.7. The number of rotatable bonds is 7. The first-order valence-electron chi connectivity index (χ1n) is 7.41. The van der Waals surface area contributed by atoms with E-state index < -0.39 is 24.0 Å². The molecule has 0 N–H and O–H groups in total. The predicted octanol–water partition coefficient (Wildman–Crippen LogP) is 4.67. The third-order valence-corrected chi connectivity index (χ3v) is 3.66. The summed E-state index contributed by atoms with van der Waals surface area (Å²) in [5.41, 5.74) is 0.878. The number of hydrogen-bond acceptors (Lipinski definition) is 2. The molecule has 0 saturated heterocycles. The third-order valence-electron chi connectivity index (χ3n) is 3.66. The SMILES string of the molecule is N#CCC(Cc1ccccc1)CC(F)(F)C(=O)c1ccccc1. The Morgan fingerprint density at radius 3 is 2.17 bits per heavy atom. The molecular formula is C19H17F2NO. The minimum atomic E-state index is -3.47. The van der Waals surface area contributed by atoms with E-state index >= 15 is 0 Å². The lowest BCUT2D eigenvalue weighted by Gasteiger charge is -2.21. The Hall–Kier alpha value is -2.54. The molecule has 0 radical (unpaired) electrons. The molecule has 0 spiro atoms. The lowest BCUT2D eigenvalue weighted by molar-refractivity contribution is -0.00517. The lowest BCUT2D eigenvalue weighted by Crippen LogP contribution is -2.32. The Morgan fingerprint density at radius 1 is 1.04 bits per heavy atom. The van der Waals surface area contributed by atoms with Gasteiger partial charge >= 0.3 is 5.92 Å². The number of alkyl halides is 2. The maximum Gasteiger partial charge on any atom is 0.310 e. The number of halogens is 2. The number of hydrogen-bond donors (Lipinski definition) is 0. The molecule has 0 amide bonds. The first-order chi connectivity index (χ1) is 11.0. The van der Waals surface area contributed by atoms with Gasteiger partial charge in [-0.2, -0.15) is 14.0 Å². The molecule has 0 bridgehead atoms. The summed E-state index contributed by atoms with van der Waals surface area (Å²) in [7, 11) is 0. The highest BCUT2D eigenvalue weighted by molar-refractivity contribution is 6.01. The van der Waals surface area contributed by atoms with Gasteiger partial charge in [0, 0.05) is 18.4 Å². The van der Waals surface area contributed by atoms with E-state index in [0.717, 1.165) is 5.56 Å². The second-order valence-electron chi connectivity index (χ2n) is 5.52. The van der Waals surface area contributed by atoms with Gasteiger partial charge in [-0.05, 0) is 17.9 Å². The first-order valence-corrected chi connectivity index (χ1v) is 7.41. The maximum absolute atomic E-state index is 14.3. The van der Waals surface area contributed by atoms with E-state index in [4.69, 9.17) is 5.26 Å². The highest BCUT2D eigenvalue weighted by atomic mass is 19.3. The summed E-state index contributed by atoms with van der Waals surface area (Å²) in [5, 5.41) is 8.89. The van der Waals surface area contributed by atoms with Gasteiger partial charge < -0.3 is 0 Å². The van der Waals surface area contributed by atoms with E-state index in [-0.39, 0.29) is 12.0 Å². The van der Waals surface area contributed by atoms with Crippen LogP contribution in [0.3, 0.4) is 0 Å². The topological polar surface area (TPSA) is 40.9 Å². The molecule has 0 aliphatic heterocycles. The van der Waals surface area contributed by atoms with Crippen LogP contribution in [0.15, 0.2) is 60.7 Å². The predicted molar refractivity (Wildman–Crippen MR) is 84.2 cm³/mol. The van der Waals surface area contributed by atoms with Crippen LogP contribution in [0.5, 0.6) is 0 Å². The molecule has 4 heteroatoms. The summed E-state index contributed by atoms with van der Waals surface area (Å²) in [6.45, 7) is 0. The Balaban J connectivity index is 2.11. The summed E-state index contributed by atoms with van der Waals surface area (Å²) < 4.78 is 28.6. The molecule has 2 rings (SSSR count). The van der Waals surface area contributed by atoms with Crippen molar-refractivity contribution in [2.24, 2.45) is 5.92 Å². The second-order valence-corrected chi connectivity index (χ2v) is 5.52. The van der Waals surface area contributed by atoms with Gasteiger partial charge in [-0.15, -0.1) is 0 Å². The zero-order chi connectivity index (χ0) is 16.7. The number of carbonyl (C=O) groups excluding carboxylic acids is 1. The van der Waals surface area contributed by atoms with Crippen molar-refractivity contribution in [1.82, 2.24) is 0 Å². The normalized spacial score (nSPS) is 12.4. The van der Waals surface area contributed by atoms with Crippen molar-refractivity contribution in [1.29, 1.82) is 5.26 Å². The van der Waals surface area contributed by atoms with Crippen molar-refractivity contribution in [3.05, 3.63) is 71.8 Å². The zero-order valence-electron chi connectivity index (χ0n) is 12.6. The fourth-order valence-corrected chi connectivity index (χ4v) is 2.55. The summed E-state index contributed by atoms with van der Waals surface area (Å²) in [5.74, 6) is -5.23. The minimum Gasteiger partial charge on any atom is -0.287 e. The molecule has 0 fully saturated rings. The van der Waals surface area contributed by atoms with Gasteiger partial charge in [0.25, 0.3) is 0 Å². The second kappa shape index (κ2) is 7.64. The van der Waals surface area contributed by atoms with Crippen LogP contribution in [-0.4, -0.2) is 11.7 Å². The molecule has 0 aliphatic rings. The van der Waals surface area contributed by atoms with Crippen LogP contribution in [0.2, 0.25) is 0 Å². The molecule has 23 heavy (non-hydrogen) atoms. The first kappa shape index (κ1) is 16.8. The average Bonchev–Trinajstić information content (AvgIpc) is 2.56. The quantitative estimate of drug-likeness (QED) is 0.697. The van der Waals surface area contributed by atoms with Crippen LogP contribution < -0.4 is 0 Å². The van der Waals surface area contributed by atoms with Gasteiger partial charge in [0.1, 0.15) is 0 Å². The van der Waals surface area contributed by atoms with E-state index in [9.17, 15) is 13.6 Å². The average molecular weight is 313 g/mol. The molecule has 2 nitrogen and oxygen atoms in total. The molecule has 0 aromatic heterocycles. The molecular weight excluding hydrogens is 296 g/mol. The van der Waals surface area contributed by atoms with Crippen molar-refractivity contribution < 1.29 is 13.6 Å². The molecule has 1 atom stereocenters. The van der Waals surface area contributed by atoms with Crippen LogP contribution in [-0.2, 0) is 6.42 Å². The van der Waals surface area contributed by atoms with Crippen molar-refractivity contribution in [3.8, 4) is 6.07 Å². The molecule has 2 aromatic carbocycles. The number of ketones is 1. The van der Waals surface area contributed by atoms with Crippen LogP contribution >= 0.6 is 0 Å². The molecule has 1 unspecified atom stereocenters. The van der Waals surface area contributed by atoms with E-state index in [1.54, 1.807) is 18.2 Å². The van der Waals surface area contributed by atoms with Gasteiger partial charge in [0.15, 0.2) is 0 Å². The van der Waals surface area contributed by atoms with Crippen molar-refractivity contribution >= 4 is 5.78 Å². The van der Waals surface area contributed by atoms with E-state index in [0.29, 0.717) is 6.42 Å². The number of Topliss-reactive ketones (excluding diaryl/α,β-unsaturated/α-hetero) is 1. The summed E-state index contributed by atoms with van der Waals surface area (Å²) in [4.78, 5) is 12.0. The lowest BCUT2D eigenvalue weighted by atomic mass is 9.88. The molecule has 0 saturated carbocycles. The molecule has 0 aliphatic carbocycles. The largest absolute Gasteiger partial charge is 0.310 e. The number of carbonyl (C=O) groups is 1. The monoisotopic (exact) mass is 313 g/mol. The van der Waals surface area contributed by atoms with E-state index in [1.165, 1.54) is 12.1 Å². The van der Waals surface area contributed by atoms with Crippen molar-refractivity contribution in [2.75, 3.05) is 0 Å². The maximum atomic E-state index is 14.3. The highest BCUT2D eigenvalue weighted by Gasteiger charge is 2.41. The Morgan fingerprint density at radius 2 is 1.61 bits per heavy atom. The Kier molecular flexibility index (Phi) is 5.59. The summed E-state index contributed by atoms with van der Waals surface area (Å²) >= 11 is 0. The summed E-state index contributed by atoms with van der Waals surface area (Å²) in [6.07, 6.45) is -0.276. The van der Waals surface area contributed by atoms with E-state index in [1.807, 2.05) is 36.4 Å². The fraction of sp³-hybridized carbons (Fsp3) is 0.263. The van der Waals surface area contributed by atoms with Crippen LogP contribution in [0, 0.1) is 17.2 Å². The molecule has 0 heterocycles. The number of nitriles is 1. The Bertz CT molecular complexity index is 678. The van der Waals surface area contributed by atoms with Crippen LogP contribution in [0.1, 0.15) is 28.8 Å². The van der Waals surface area contributed by atoms with Crippen LogP contribution in [0.4, 0.5) is 8.78 Å². The van der Waals surface area contributed by atoms with Gasteiger partial charge in [0.2, 0.25) is 5.78 Å². The molecule has 2 aromatic rings. The third kappa shape index (κ3) is 4.72.